The molecule has 0 amide bonds. The van der Waals surface area contributed by atoms with Crippen LogP contribution in [0.2, 0.25) is 0 Å². The highest BCUT2D eigenvalue weighted by atomic mass is 15.1. The lowest BCUT2D eigenvalue weighted by Gasteiger charge is -2.19. The molecule has 1 aliphatic rings. The number of benzene rings is 2. The van der Waals surface area contributed by atoms with Crippen LogP contribution in [-0.4, -0.2) is 0 Å². The first kappa shape index (κ1) is 10.9. The molecule has 0 aromatic heterocycles. The van der Waals surface area contributed by atoms with Crippen molar-refractivity contribution < 1.29 is 0 Å². The molecule has 0 atom stereocenters. The van der Waals surface area contributed by atoms with Gasteiger partial charge in [-0.2, -0.15) is 5.26 Å². The summed E-state index contributed by atoms with van der Waals surface area (Å²) < 4.78 is 0. The second kappa shape index (κ2) is 4.19. The van der Waals surface area contributed by atoms with E-state index in [9.17, 15) is 5.26 Å². The maximum Gasteiger partial charge on any atom is 0.101 e. The Kier molecular flexibility index (Phi) is 2.53. The van der Waals surface area contributed by atoms with E-state index in [1.807, 2.05) is 12.1 Å². The van der Waals surface area contributed by atoms with Gasteiger partial charge in [-0.25, -0.2) is 0 Å². The van der Waals surface area contributed by atoms with Crippen LogP contribution in [0.15, 0.2) is 42.5 Å². The number of aryl methyl sites for hydroxylation is 1. The zero-order chi connectivity index (χ0) is 12.5. The SMILES string of the molecule is Cc1ccc(C#N)c(N2Cc3ccccc3C2)c1. The number of nitriles is 1. The molecule has 0 radical (unpaired) electrons. The summed E-state index contributed by atoms with van der Waals surface area (Å²) in [4.78, 5) is 2.27. The summed E-state index contributed by atoms with van der Waals surface area (Å²) in [5, 5.41) is 9.21. The molecule has 2 nitrogen and oxygen atoms in total. The number of anilines is 1. The van der Waals surface area contributed by atoms with E-state index >= 15 is 0 Å². The molecule has 2 heteroatoms. The van der Waals surface area contributed by atoms with Crippen molar-refractivity contribution in [3.8, 4) is 6.07 Å². The van der Waals surface area contributed by atoms with Gasteiger partial charge in [0.1, 0.15) is 6.07 Å². The van der Waals surface area contributed by atoms with Gasteiger partial charge in [-0.15, -0.1) is 0 Å². The van der Waals surface area contributed by atoms with Crippen LogP contribution in [0.25, 0.3) is 0 Å². The lowest BCUT2D eigenvalue weighted by molar-refractivity contribution is 0.877. The van der Waals surface area contributed by atoms with Crippen LogP contribution in [0.4, 0.5) is 5.69 Å². The molecule has 0 N–H and O–H groups in total. The Hall–Kier alpha value is -2.27. The van der Waals surface area contributed by atoms with Crippen molar-refractivity contribution in [2.24, 2.45) is 0 Å². The van der Waals surface area contributed by atoms with Crippen LogP contribution in [0.3, 0.4) is 0 Å². The van der Waals surface area contributed by atoms with E-state index in [2.05, 4.69) is 48.2 Å². The Bertz CT molecular complexity index is 613. The zero-order valence-corrected chi connectivity index (χ0v) is 10.4. The van der Waals surface area contributed by atoms with Crippen molar-refractivity contribution in [1.82, 2.24) is 0 Å². The number of nitrogens with zero attached hydrogens (tertiary/aromatic N) is 2. The third kappa shape index (κ3) is 1.74. The van der Waals surface area contributed by atoms with E-state index < -0.39 is 0 Å². The van der Waals surface area contributed by atoms with Gasteiger partial charge in [-0.05, 0) is 35.7 Å². The van der Waals surface area contributed by atoms with Crippen LogP contribution in [0.1, 0.15) is 22.3 Å². The third-order valence-electron chi connectivity index (χ3n) is 3.46. The first-order chi connectivity index (χ1) is 8.78. The first-order valence-electron chi connectivity index (χ1n) is 6.10. The van der Waals surface area contributed by atoms with Crippen molar-refractivity contribution in [2.75, 3.05) is 4.90 Å². The average molecular weight is 234 g/mol. The van der Waals surface area contributed by atoms with E-state index in [0.29, 0.717) is 0 Å². The molecule has 0 aliphatic carbocycles. The van der Waals surface area contributed by atoms with Gasteiger partial charge in [0.2, 0.25) is 0 Å². The molecule has 0 saturated carbocycles. The standard InChI is InChI=1S/C16H14N2/c1-12-6-7-13(9-17)16(8-12)18-10-14-4-2-3-5-15(14)11-18/h2-8H,10-11H2,1H3. The summed E-state index contributed by atoms with van der Waals surface area (Å²) in [5.41, 5.74) is 5.73. The molecular formula is C16H14N2. The van der Waals surface area contributed by atoms with Gasteiger partial charge in [0, 0.05) is 13.1 Å². The summed E-state index contributed by atoms with van der Waals surface area (Å²) in [6.45, 7) is 3.86. The largest absolute Gasteiger partial charge is 0.362 e. The van der Waals surface area contributed by atoms with Crippen molar-refractivity contribution >= 4 is 5.69 Å². The fourth-order valence-corrected chi connectivity index (χ4v) is 2.50. The highest BCUT2D eigenvalue weighted by Crippen LogP contribution is 2.30. The number of hydrogen-bond donors (Lipinski definition) is 0. The van der Waals surface area contributed by atoms with Gasteiger partial charge in [0.15, 0.2) is 0 Å². The minimum Gasteiger partial charge on any atom is -0.362 e. The van der Waals surface area contributed by atoms with Crippen LogP contribution in [-0.2, 0) is 13.1 Å². The maximum atomic E-state index is 9.21. The van der Waals surface area contributed by atoms with E-state index in [4.69, 9.17) is 0 Å². The molecule has 0 saturated heterocycles. The smallest absolute Gasteiger partial charge is 0.101 e. The summed E-state index contributed by atoms with van der Waals surface area (Å²) >= 11 is 0. The highest BCUT2D eigenvalue weighted by Gasteiger charge is 2.20. The van der Waals surface area contributed by atoms with E-state index in [-0.39, 0.29) is 0 Å². The molecule has 0 fully saturated rings. The number of fused-ring (bicyclic) bond motifs is 1. The predicted octanol–water partition coefficient (Wildman–Crippen LogP) is 3.39. The second-order valence-corrected chi connectivity index (χ2v) is 4.76. The Morgan fingerprint density at radius 1 is 1.06 bits per heavy atom. The fourth-order valence-electron chi connectivity index (χ4n) is 2.50. The predicted molar refractivity (Wildman–Crippen MR) is 72.2 cm³/mol. The highest BCUT2D eigenvalue weighted by molar-refractivity contribution is 5.62. The zero-order valence-electron chi connectivity index (χ0n) is 10.4. The second-order valence-electron chi connectivity index (χ2n) is 4.76. The monoisotopic (exact) mass is 234 g/mol. The van der Waals surface area contributed by atoms with Crippen molar-refractivity contribution in [2.45, 2.75) is 20.0 Å². The molecule has 18 heavy (non-hydrogen) atoms. The molecular weight excluding hydrogens is 220 g/mol. The quantitative estimate of drug-likeness (QED) is 0.756. The molecule has 0 spiro atoms. The Morgan fingerprint density at radius 2 is 1.72 bits per heavy atom. The van der Waals surface area contributed by atoms with Gasteiger partial charge in [0.25, 0.3) is 0 Å². The normalized spacial score (nSPS) is 13.2. The summed E-state index contributed by atoms with van der Waals surface area (Å²) in [7, 11) is 0. The lowest BCUT2D eigenvalue weighted by Crippen LogP contribution is -2.15. The average Bonchev–Trinajstić information content (AvgIpc) is 2.82. The van der Waals surface area contributed by atoms with Crippen molar-refractivity contribution in [1.29, 1.82) is 5.26 Å². The molecule has 2 aromatic rings. The Balaban J connectivity index is 2.00. The fraction of sp³-hybridized carbons (Fsp3) is 0.188. The van der Waals surface area contributed by atoms with Crippen LogP contribution in [0.5, 0.6) is 0 Å². The van der Waals surface area contributed by atoms with E-state index in [1.54, 1.807) is 0 Å². The summed E-state index contributed by atoms with van der Waals surface area (Å²) in [6.07, 6.45) is 0. The first-order valence-corrected chi connectivity index (χ1v) is 6.10. The minimum absolute atomic E-state index is 0.758. The Morgan fingerprint density at radius 3 is 2.33 bits per heavy atom. The molecule has 3 rings (SSSR count). The van der Waals surface area contributed by atoms with Gasteiger partial charge in [0.05, 0.1) is 11.3 Å². The van der Waals surface area contributed by atoms with Crippen LogP contribution in [0, 0.1) is 18.3 Å². The van der Waals surface area contributed by atoms with Gasteiger partial charge in [-0.1, -0.05) is 30.3 Å². The lowest BCUT2D eigenvalue weighted by atomic mass is 10.1. The molecule has 1 heterocycles. The number of rotatable bonds is 1. The van der Waals surface area contributed by atoms with Gasteiger partial charge >= 0.3 is 0 Å². The van der Waals surface area contributed by atoms with Crippen molar-refractivity contribution in [3.05, 3.63) is 64.7 Å². The van der Waals surface area contributed by atoms with E-state index in [1.165, 1.54) is 16.7 Å². The van der Waals surface area contributed by atoms with Crippen LogP contribution >= 0.6 is 0 Å². The van der Waals surface area contributed by atoms with E-state index in [0.717, 1.165) is 24.3 Å². The third-order valence-corrected chi connectivity index (χ3v) is 3.46. The van der Waals surface area contributed by atoms with Gasteiger partial charge in [-0.3, -0.25) is 0 Å². The Labute approximate surface area is 107 Å². The molecule has 0 bridgehead atoms. The molecule has 2 aromatic carbocycles. The molecule has 0 unspecified atom stereocenters. The summed E-state index contributed by atoms with van der Waals surface area (Å²) in [6, 6.07) is 16.8. The molecule has 1 aliphatic heterocycles. The maximum absolute atomic E-state index is 9.21. The minimum atomic E-state index is 0.758. The van der Waals surface area contributed by atoms with Crippen molar-refractivity contribution in [3.63, 3.8) is 0 Å². The number of hydrogen-bond acceptors (Lipinski definition) is 2. The topological polar surface area (TPSA) is 27.0 Å². The van der Waals surface area contributed by atoms with Gasteiger partial charge < -0.3 is 4.90 Å². The summed E-state index contributed by atoms with van der Waals surface area (Å²) in [5.74, 6) is 0. The molecule has 88 valence electrons. The van der Waals surface area contributed by atoms with Crippen LogP contribution < -0.4 is 4.90 Å².